The van der Waals surface area contributed by atoms with Gasteiger partial charge in [0.15, 0.2) is 0 Å². The lowest BCUT2D eigenvalue weighted by molar-refractivity contribution is 0.0695. The third-order valence-corrected chi connectivity index (χ3v) is 4.29. The van der Waals surface area contributed by atoms with Gasteiger partial charge in [0.1, 0.15) is 5.56 Å². The number of carboxylic acids is 1. The summed E-state index contributed by atoms with van der Waals surface area (Å²) < 4.78 is 0. The predicted molar refractivity (Wildman–Crippen MR) is 83.3 cm³/mol. The SMILES string of the molecule is O=C(O)c1cc2c([nH]c1=O)-c1cc3cc[nH]c3cc1CCC2. The van der Waals surface area contributed by atoms with Gasteiger partial charge in [0.05, 0.1) is 5.69 Å². The molecule has 3 aromatic rings. The average molecular weight is 294 g/mol. The Hall–Kier alpha value is -2.82. The molecule has 0 fully saturated rings. The molecular weight excluding hydrogens is 280 g/mol. The van der Waals surface area contributed by atoms with Crippen LogP contribution in [0.15, 0.2) is 35.3 Å². The lowest BCUT2D eigenvalue weighted by Crippen LogP contribution is -2.19. The number of H-pyrrole nitrogens is 2. The summed E-state index contributed by atoms with van der Waals surface area (Å²) in [6, 6.07) is 7.68. The lowest BCUT2D eigenvalue weighted by atomic mass is 9.99. The number of hydrogen-bond donors (Lipinski definition) is 3. The monoisotopic (exact) mass is 294 g/mol. The first-order valence-electron chi connectivity index (χ1n) is 7.23. The molecule has 22 heavy (non-hydrogen) atoms. The van der Waals surface area contributed by atoms with Crippen LogP contribution in [-0.2, 0) is 12.8 Å². The minimum absolute atomic E-state index is 0.190. The van der Waals surface area contributed by atoms with Crippen molar-refractivity contribution in [3.8, 4) is 11.3 Å². The molecule has 0 amide bonds. The first kappa shape index (κ1) is 12.9. The van der Waals surface area contributed by atoms with Gasteiger partial charge in [-0.3, -0.25) is 4.79 Å². The highest BCUT2D eigenvalue weighted by Gasteiger charge is 2.20. The molecule has 0 atom stereocenters. The molecule has 2 heterocycles. The highest BCUT2D eigenvalue weighted by Crippen LogP contribution is 2.33. The third-order valence-electron chi connectivity index (χ3n) is 4.29. The molecule has 4 rings (SSSR count). The van der Waals surface area contributed by atoms with Crippen LogP contribution in [0.5, 0.6) is 0 Å². The summed E-state index contributed by atoms with van der Waals surface area (Å²) >= 11 is 0. The third kappa shape index (κ3) is 1.86. The number of benzene rings is 1. The summed E-state index contributed by atoms with van der Waals surface area (Å²) in [6.45, 7) is 0. The molecule has 0 saturated heterocycles. The molecule has 0 radical (unpaired) electrons. The van der Waals surface area contributed by atoms with E-state index in [4.69, 9.17) is 5.11 Å². The van der Waals surface area contributed by atoms with E-state index in [1.807, 2.05) is 12.3 Å². The fourth-order valence-corrected chi connectivity index (χ4v) is 3.22. The van der Waals surface area contributed by atoms with Crippen LogP contribution in [0.1, 0.15) is 27.9 Å². The number of carbonyl (C=O) groups is 1. The van der Waals surface area contributed by atoms with Crippen molar-refractivity contribution in [2.24, 2.45) is 0 Å². The Morgan fingerprint density at radius 2 is 1.95 bits per heavy atom. The van der Waals surface area contributed by atoms with Gasteiger partial charge in [-0.1, -0.05) is 0 Å². The molecule has 1 aliphatic rings. The van der Waals surface area contributed by atoms with Gasteiger partial charge in [-0.25, -0.2) is 4.79 Å². The average Bonchev–Trinajstić information content (AvgIpc) is 2.87. The zero-order chi connectivity index (χ0) is 15.3. The fourth-order valence-electron chi connectivity index (χ4n) is 3.22. The van der Waals surface area contributed by atoms with Crippen molar-refractivity contribution in [1.29, 1.82) is 0 Å². The van der Waals surface area contributed by atoms with Gasteiger partial charge in [-0.2, -0.15) is 0 Å². The molecule has 0 aliphatic heterocycles. The molecular formula is C17H14N2O3. The van der Waals surface area contributed by atoms with E-state index in [-0.39, 0.29) is 5.56 Å². The highest BCUT2D eigenvalue weighted by molar-refractivity contribution is 5.90. The second-order valence-corrected chi connectivity index (χ2v) is 5.65. The van der Waals surface area contributed by atoms with Crippen molar-refractivity contribution in [1.82, 2.24) is 9.97 Å². The molecule has 0 spiro atoms. The van der Waals surface area contributed by atoms with Crippen molar-refractivity contribution < 1.29 is 9.90 Å². The van der Waals surface area contributed by atoms with Crippen LogP contribution in [0.25, 0.3) is 22.2 Å². The number of aryl methyl sites for hydroxylation is 2. The number of rotatable bonds is 1. The van der Waals surface area contributed by atoms with Gasteiger partial charge in [0, 0.05) is 22.7 Å². The number of carboxylic acid groups (broad SMARTS) is 1. The van der Waals surface area contributed by atoms with E-state index >= 15 is 0 Å². The normalized spacial score (nSPS) is 13.5. The van der Waals surface area contributed by atoms with E-state index in [0.29, 0.717) is 0 Å². The van der Waals surface area contributed by atoms with Crippen LogP contribution in [0.3, 0.4) is 0 Å². The first-order chi connectivity index (χ1) is 10.6. The number of aromatic amines is 2. The van der Waals surface area contributed by atoms with Gasteiger partial charge in [0.2, 0.25) is 0 Å². The standard InChI is InChI=1S/C17H14N2O3/c20-16-13(17(21)22)7-11-3-1-2-9-8-14-10(4-5-18-14)6-12(9)15(11)19-16/h4-8,18H,1-3H2,(H,19,20)(H,21,22). The van der Waals surface area contributed by atoms with Crippen molar-refractivity contribution >= 4 is 16.9 Å². The van der Waals surface area contributed by atoms with E-state index in [1.54, 1.807) is 0 Å². The van der Waals surface area contributed by atoms with Gasteiger partial charge in [-0.15, -0.1) is 0 Å². The molecule has 0 bridgehead atoms. The maximum atomic E-state index is 12.0. The van der Waals surface area contributed by atoms with Crippen LogP contribution in [-0.4, -0.2) is 21.0 Å². The van der Waals surface area contributed by atoms with Gasteiger partial charge in [0.25, 0.3) is 5.56 Å². The predicted octanol–water partition coefficient (Wildman–Crippen LogP) is 2.71. The Kier molecular flexibility index (Phi) is 2.69. The van der Waals surface area contributed by atoms with Crippen LogP contribution >= 0.6 is 0 Å². The number of pyridine rings is 1. The number of hydrogen-bond acceptors (Lipinski definition) is 2. The molecule has 5 heteroatoms. The Bertz CT molecular complexity index is 966. The summed E-state index contributed by atoms with van der Waals surface area (Å²) in [4.78, 5) is 29.2. The van der Waals surface area contributed by atoms with Crippen molar-refractivity contribution in [2.75, 3.05) is 0 Å². The lowest BCUT2D eigenvalue weighted by Gasteiger charge is -2.10. The fraction of sp³-hybridized carbons (Fsp3) is 0.176. The largest absolute Gasteiger partial charge is 0.477 e. The smallest absolute Gasteiger partial charge is 0.341 e. The van der Waals surface area contributed by atoms with Crippen LogP contribution in [0.2, 0.25) is 0 Å². The quantitative estimate of drug-likeness (QED) is 0.645. The Morgan fingerprint density at radius 3 is 2.77 bits per heavy atom. The van der Waals surface area contributed by atoms with E-state index in [9.17, 15) is 9.59 Å². The van der Waals surface area contributed by atoms with Crippen LogP contribution in [0, 0.1) is 0 Å². The highest BCUT2D eigenvalue weighted by atomic mass is 16.4. The number of nitrogens with one attached hydrogen (secondary N) is 2. The van der Waals surface area contributed by atoms with Crippen LogP contribution in [0.4, 0.5) is 0 Å². The molecule has 1 aliphatic carbocycles. The number of fused-ring (bicyclic) bond motifs is 4. The summed E-state index contributed by atoms with van der Waals surface area (Å²) in [6.07, 6.45) is 4.48. The summed E-state index contributed by atoms with van der Waals surface area (Å²) in [5.41, 5.74) is 4.15. The van der Waals surface area contributed by atoms with Gasteiger partial charge in [-0.05, 0) is 54.7 Å². The molecule has 2 aromatic heterocycles. The van der Waals surface area contributed by atoms with E-state index in [1.165, 1.54) is 11.6 Å². The van der Waals surface area contributed by atoms with E-state index < -0.39 is 11.5 Å². The van der Waals surface area contributed by atoms with E-state index in [2.05, 4.69) is 22.1 Å². The molecule has 110 valence electrons. The number of aromatic nitrogens is 2. The van der Waals surface area contributed by atoms with Gasteiger partial charge >= 0.3 is 5.97 Å². The molecule has 0 unspecified atom stereocenters. The molecule has 5 nitrogen and oxygen atoms in total. The van der Waals surface area contributed by atoms with Crippen molar-refractivity contribution in [3.63, 3.8) is 0 Å². The Balaban J connectivity index is 2.03. The number of aromatic carboxylic acids is 1. The zero-order valence-electron chi connectivity index (χ0n) is 11.8. The van der Waals surface area contributed by atoms with Gasteiger partial charge < -0.3 is 15.1 Å². The zero-order valence-corrected chi connectivity index (χ0v) is 11.8. The maximum absolute atomic E-state index is 12.0. The van der Waals surface area contributed by atoms with Crippen molar-refractivity contribution in [3.05, 3.63) is 57.5 Å². The van der Waals surface area contributed by atoms with Crippen molar-refractivity contribution in [2.45, 2.75) is 19.3 Å². The minimum Gasteiger partial charge on any atom is -0.477 e. The summed E-state index contributed by atoms with van der Waals surface area (Å²) in [7, 11) is 0. The second kappa shape index (κ2) is 4.59. The summed E-state index contributed by atoms with van der Waals surface area (Å²) in [5.74, 6) is -1.19. The summed E-state index contributed by atoms with van der Waals surface area (Å²) in [5, 5.41) is 10.2. The minimum atomic E-state index is -1.19. The van der Waals surface area contributed by atoms with Crippen LogP contribution < -0.4 is 5.56 Å². The molecule has 1 aromatic carbocycles. The molecule has 0 saturated carbocycles. The van der Waals surface area contributed by atoms with E-state index in [0.717, 1.165) is 47.0 Å². The molecule has 3 N–H and O–H groups in total. The first-order valence-corrected chi connectivity index (χ1v) is 7.23. The topological polar surface area (TPSA) is 85.9 Å². The Morgan fingerprint density at radius 1 is 1.14 bits per heavy atom. The Labute approximate surface area is 125 Å². The second-order valence-electron chi connectivity index (χ2n) is 5.65. The maximum Gasteiger partial charge on any atom is 0.341 e.